The van der Waals surface area contributed by atoms with E-state index in [0.717, 1.165) is 11.5 Å². The Kier molecular flexibility index (Phi) is 3.73. The molecule has 0 aromatic heterocycles. The van der Waals surface area contributed by atoms with Gasteiger partial charge in [-0.3, -0.25) is 4.79 Å². The topological polar surface area (TPSA) is 83.5 Å². The Balaban J connectivity index is 2.04. The average molecular weight is 281 g/mol. The molecule has 0 atom stereocenters. The summed E-state index contributed by atoms with van der Waals surface area (Å²) in [5.41, 5.74) is -0.544. The number of hydrogen-bond donors (Lipinski definition) is 2. The van der Waals surface area contributed by atoms with E-state index in [-0.39, 0.29) is 11.5 Å². The summed E-state index contributed by atoms with van der Waals surface area (Å²) in [5.74, 6) is -0.508. The van der Waals surface area contributed by atoms with Gasteiger partial charge in [-0.15, -0.1) is 0 Å². The van der Waals surface area contributed by atoms with Crippen LogP contribution < -0.4 is 5.32 Å². The van der Waals surface area contributed by atoms with Crippen molar-refractivity contribution < 1.29 is 18.3 Å². The number of sulfone groups is 1. The third-order valence-electron chi connectivity index (χ3n) is 3.01. The number of rotatable bonds is 5. The van der Waals surface area contributed by atoms with Crippen LogP contribution in [-0.4, -0.2) is 31.6 Å². The summed E-state index contributed by atoms with van der Waals surface area (Å²) in [5, 5.41) is 12.5. The summed E-state index contributed by atoms with van der Waals surface area (Å²) >= 11 is 0. The lowest BCUT2D eigenvalue weighted by Crippen LogP contribution is -2.38. The average Bonchev–Trinajstić information content (AvgIpc) is 3.18. The zero-order valence-corrected chi connectivity index (χ0v) is 11.1. The Labute approximate surface area is 111 Å². The number of carbonyl (C=O) groups is 1. The first kappa shape index (κ1) is 13.8. The van der Waals surface area contributed by atoms with E-state index in [9.17, 15) is 13.2 Å². The van der Waals surface area contributed by atoms with Crippen LogP contribution in [-0.2, 0) is 14.6 Å². The second kappa shape index (κ2) is 5.14. The van der Waals surface area contributed by atoms with Gasteiger partial charge in [0.2, 0.25) is 5.91 Å². The minimum absolute atomic E-state index is 0.127. The first-order chi connectivity index (χ1) is 8.97. The fourth-order valence-electron chi connectivity index (χ4n) is 1.62. The molecule has 1 aliphatic rings. The Morgan fingerprint density at radius 3 is 2.47 bits per heavy atom. The van der Waals surface area contributed by atoms with Gasteiger partial charge in [0.05, 0.1) is 17.0 Å². The summed E-state index contributed by atoms with van der Waals surface area (Å²) in [4.78, 5) is 11.7. The smallest absolute Gasteiger partial charge is 0.245 e. The Hall–Kier alpha value is -1.66. The van der Waals surface area contributed by atoms with Crippen molar-refractivity contribution in [2.45, 2.75) is 23.3 Å². The third-order valence-corrected chi connectivity index (χ3v) is 4.44. The lowest BCUT2D eigenvalue weighted by atomic mass is 10.3. The van der Waals surface area contributed by atoms with Crippen molar-refractivity contribution >= 4 is 15.7 Å². The van der Waals surface area contributed by atoms with Gasteiger partial charge in [0.1, 0.15) is 0 Å². The van der Waals surface area contributed by atoms with Crippen molar-refractivity contribution in [1.29, 1.82) is 0 Å². The fourth-order valence-corrected chi connectivity index (χ4v) is 2.61. The molecule has 1 amide bonds. The molecule has 6 heteroatoms. The maximum atomic E-state index is 11.9. The van der Waals surface area contributed by atoms with Gasteiger partial charge in [0.25, 0.3) is 0 Å². The fraction of sp³-hybridized carbons (Fsp3) is 0.308. The van der Waals surface area contributed by atoms with E-state index in [1.54, 1.807) is 18.2 Å². The maximum Gasteiger partial charge on any atom is 0.245 e. The number of aliphatic hydroxyl groups excluding tert-OH is 1. The third kappa shape index (κ3) is 3.42. The van der Waals surface area contributed by atoms with E-state index in [0.29, 0.717) is 12.8 Å². The standard InChI is InChI=1S/C13H15NO4S/c15-10-13(7-8-13)14-12(16)6-9-19(17,18)11-4-2-1-3-5-11/h1-6,9,15H,7-8,10H2,(H,14,16)/b9-6+. The van der Waals surface area contributed by atoms with Gasteiger partial charge in [-0.25, -0.2) is 8.42 Å². The van der Waals surface area contributed by atoms with Crippen LogP contribution in [0.2, 0.25) is 0 Å². The highest BCUT2D eigenvalue weighted by Crippen LogP contribution is 2.34. The highest BCUT2D eigenvalue weighted by molar-refractivity contribution is 7.94. The predicted octanol–water partition coefficient (Wildman–Crippen LogP) is 0.615. The Morgan fingerprint density at radius 2 is 1.95 bits per heavy atom. The highest BCUT2D eigenvalue weighted by Gasteiger charge is 2.43. The van der Waals surface area contributed by atoms with Crippen LogP contribution in [0.25, 0.3) is 0 Å². The maximum absolute atomic E-state index is 11.9. The Bertz CT molecular complexity index is 588. The zero-order chi connectivity index (χ0) is 13.9. The van der Waals surface area contributed by atoms with Crippen molar-refractivity contribution in [2.75, 3.05) is 6.61 Å². The number of aliphatic hydroxyl groups is 1. The number of benzene rings is 1. The van der Waals surface area contributed by atoms with Crippen LogP contribution >= 0.6 is 0 Å². The molecule has 19 heavy (non-hydrogen) atoms. The predicted molar refractivity (Wildman–Crippen MR) is 70.0 cm³/mol. The molecule has 1 saturated carbocycles. The molecule has 0 spiro atoms. The number of hydrogen-bond acceptors (Lipinski definition) is 4. The molecule has 1 aromatic carbocycles. The molecular weight excluding hydrogens is 266 g/mol. The molecule has 0 saturated heterocycles. The van der Waals surface area contributed by atoms with Gasteiger partial charge in [-0.1, -0.05) is 18.2 Å². The van der Waals surface area contributed by atoms with Crippen molar-refractivity contribution in [3.8, 4) is 0 Å². The summed E-state index contributed by atoms with van der Waals surface area (Å²) < 4.78 is 23.7. The van der Waals surface area contributed by atoms with Crippen molar-refractivity contribution in [2.24, 2.45) is 0 Å². The monoisotopic (exact) mass is 281 g/mol. The minimum Gasteiger partial charge on any atom is -0.394 e. The quantitative estimate of drug-likeness (QED) is 0.775. The summed E-state index contributed by atoms with van der Waals surface area (Å²) in [6.07, 6.45) is 2.42. The number of nitrogens with one attached hydrogen (secondary N) is 1. The molecule has 1 fully saturated rings. The number of amides is 1. The van der Waals surface area contributed by atoms with Gasteiger partial charge < -0.3 is 10.4 Å². The normalized spacial score (nSPS) is 17.3. The van der Waals surface area contributed by atoms with Crippen molar-refractivity contribution in [3.63, 3.8) is 0 Å². The SMILES string of the molecule is O=C(/C=C/S(=O)(=O)c1ccccc1)NC1(CO)CC1. The van der Waals surface area contributed by atoms with Crippen LogP contribution in [0.1, 0.15) is 12.8 Å². The van der Waals surface area contributed by atoms with Crippen LogP contribution in [0, 0.1) is 0 Å². The molecule has 0 radical (unpaired) electrons. The zero-order valence-electron chi connectivity index (χ0n) is 10.2. The number of carbonyl (C=O) groups excluding carboxylic acids is 1. The second-order valence-electron chi connectivity index (χ2n) is 4.59. The molecule has 0 aliphatic heterocycles. The molecule has 5 nitrogen and oxygen atoms in total. The van der Waals surface area contributed by atoms with Gasteiger partial charge in [0.15, 0.2) is 9.84 Å². The van der Waals surface area contributed by atoms with Crippen molar-refractivity contribution in [1.82, 2.24) is 5.32 Å². The first-order valence-electron chi connectivity index (χ1n) is 5.89. The minimum atomic E-state index is -3.60. The molecule has 1 aromatic rings. The lowest BCUT2D eigenvalue weighted by molar-refractivity contribution is -0.117. The summed E-state index contributed by atoms with van der Waals surface area (Å²) in [6.45, 7) is -0.127. The largest absolute Gasteiger partial charge is 0.394 e. The van der Waals surface area contributed by atoms with Gasteiger partial charge in [-0.05, 0) is 25.0 Å². The lowest BCUT2D eigenvalue weighted by Gasteiger charge is -2.11. The Morgan fingerprint density at radius 1 is 1.32 bits per heavy atom. The molecule has 0 heterocycles. The van der Waals surface area contributed by atoms with Crippen LogP contribution in [0.3, 0.4) is 0 Å². The molecular formula is C13H15NO4S. The van der Waals surface area contributed by atoms with E-state index >= 15 is 0 Å². The second-order valence-corrected chi connectivity index (χ2v) is 6.42. The highest BCUT2D eigenvalue weighted by atomic mass is 32.2. The van der Waals surface area contributed by atoms with E-state index in [2.05, 4.69) is 5.32 Å². The van der Waals surface area contributed by atoms with E-state index in [1.165, 1.54) is 12.1 Å². The molecule has 0 bridgehead atoms. The molecule has 102 valence electrons. The first-order valence-corrected chi connectivity index (χ1v) is 7.43. The molecule has 0 unspecified atom stereocenters. The van der Waals surface area contributed by atoms with Crippen molar-refractivity contribution in [3.05, 3.63) is 41.8 Å². The molecule has 2 rings (SSSR count). The van der Waals surface area contributed by atoms with Crippen LogP contribution in [0.5, 0.6) is 0 Å². The van der Waals surface area contributed by atoms with E-state index < -0.39 is 21.3 Å². The van der Waals surface area contributed by atoms with Crippen LogP contribution in [0.15, 0.2) is 46.7 Å². The molecule has 1 aliphatic carbocycles. The van der Waals surface area contributed by atoms with E-state index in [4.69, 9.17) is 5.11 Å². The van der Waals surface area contributed by atoms with Crippen LogP contribution in [0.4, 0.5) is 0 Å². The van der Waals surface area contributed by atoms with Gasteiger partial charge in [-0.2, -0.15) is 0 Å². The van der Waals surface area contributed by atoms with Gasteiger partial charge in [0, 0.05) is 11.5 Å². The van der Waals surface area contributed by atoms with E-state index in [1.807, 2.05) is 0 Å². The summed E-state index contributed by atoms with van der Waals surface area (Å²) in [7, 11) is -3.60. The summed E-state index contributed by atoms with van der Waals surface area (Å²) in [6, 6.07) is 7.88. The molecule has 2 N–H and O–H groups in total. The van der Waals surface area contributed by atoms with Gasteiger partial charge >= 0.3 is 0 Å².